The summed E-state index contributed by atoms with van der Waals surface area (Å²) in [7, 11) is 0. The van der Waals surface area contributed by atoms with E-state index >= 15 is 0 Å². The molecule has 0 radical (unpaired) electrons. The van der Waals surface area contributed by atoms with E-state index in [9.17, 15) is 4.79 Å². The van der Waals surface area contributed by atoms with Crippen molar-refractivity contribution in [1.29, 1.82) is 0 Å². The molecule has 0 aliphatic heterocycles. The minimum atomic E-state index is -0.0387. The first-order valence-electron chi connectivity index (χ1n) is 9.11. The van der Waals surface area contributed by atoms with Crippen LogP contribution >= 0.6 is 23.1 Å². The highest BCUT2D eigenvalue weighted by molar-refractivity contribution is 7.99. The fourth-order valence-electron chi connectivity index (χ4n) is 2.75. The third kappa shape index (κ3) is 4.99. The van der Waals surface area contributed by atoms with Gasteiger partial charge in [-0.2, -0.15) is 0 Å². The second kappa shape index (κ2) is 9.19. The van der Waals surface area contributed by atoms with Gasteiger partial charge < -0.3 is 9.88 Å². The number of thioether (sulfide) groups is 1. The van der Waals surface area contributed by atoms with Crippen LogP contribution in [0.5, 0.6) is 0 Å². The van der Waals surface area contributed by atoms with Crippen LogP contribution in [-0.4, -0.2) is 26.4 Å². The number of benzene rings is 1. The molecule has 142 valence electrons. The summed E-state index contributed by atoms with van der Waals surface area (Å²) in [5.74, 6) is 1.14. The summed E-state index contributed by atoms with van der Waals surface area (Å²) in [6, 6.07) is 10.1. The molecule has 0 aliphatic rings. The molecule has 1 N–H and O–H groups in total. The Morgan fingerprint density at radius 3 is 2.63 bits per heavy atom. The highest BCUT2D eigenvalue weighted by atomic mass is 32.2. The molecule has 0 aliphatic carbocycles. The summed E-state index contributed by atoms with van der Waals surface area (Å²) >= 11 is 3.13. The molecule has 1 amide bonds. The molecule has 7 heteroatoms. The summed E-state index contributed by atoms with van der Waals surface area (Å²) in [5.41, 5.74) is 3.17. The fourth-order valence-corrected chi connectivity index (χ4v) is 4.19. The number of hydrogen-bond acceptors (Lipinski definition) is 5. The number of nitrogens with one attached hydrogen (secondary N) is 1. The monoisotopic (exact) mass is 400 g/mol. The number of aromatic nitrogens is 3. The van der Waals surface area contributed by atoms with Crippen LogP contribution in [-0.2, 0) is 17.8 Å². The van der Waals surface area contributed by atoms with Crippen molar-refractivity contribution in [1.82, 2.24) is 14.8 Å². The van der Waals surface area contributed by atoms with Crippen molar-refractivity contribution >= 4 is 34.7 Å². The molecule has 0 bridgehead atoms. The topological polar surface area (TPSA) is 59.8 Å². The van der Waals surface area contributed by atoms with Gasteiger partial charge in [0.25, 0.3) is 0 Å². The van der Waals surface area contributed by atoms with Crippen LogP contribution in [0.1, 0.15) is 30.7 Å². The van der Waals surface area contributed by atoms with Crippen molar-refractivity contribution in [3.63, 3.8) is 0 Å². The first-order chi connectivity index (χ1) is 13.1. The molecule has 2 heterocycles. The molecule has 2 aromatic heterocycles. The molecule has 0 unspecified atom stereocenters. The van der Waals surface area contributed by atoms with Crippen LogP contribution in [0, 0.1) is 6.92 Å². The minimum absolute atomic E-state index is 0.0387. The summed E-state index contributed by atoms with van der Waals surface area (Å²) < 4.78 is 2.11. The Morgan fingerprint density at radius 2 is 2.00 bits per heavy atom. The summed E-state index contributed by atoms with van der Waals surface area (Å²) in [6.45, 7) is 7.16. The number of thiophene rings is 1. The van der Waals surface area contributed by atoms with Gasteiger partial charge in [-0.1, -0.05) is 37.7 Å². The Labute approximate surface area is 168 Å². The van der Waals surface area contributed by atoms with Crippen molar-refractivity contribution < 1.29 is 4.79 Å². The molecular weight excluding hydrogens is 376 g/mol. The van der Waals surface area contributed by atoms with E-state index in [2.05, 4.69) is 52.3 Å². The minimum Gasteiger partial charge on any atom is -0.325 e. The van der Waals surface area contributed by atoms with E-state index in [1.807, 2.05) is 24.3 Å². The summed E-state index contributed by atoms with van der Waals surface area (Å²) in [6.07, 6.45) is 1.97. The fraction of sp³-hybridized carbons (Fsp3) is 0.350. The zero-order chi connectivity index (χ0) is 19.2. The third-order valence-corrected chi connectivity index (χ3v) is 5.96. The van der Waals surface area contributed by atoms with Gasteiger partial charge in [-0.05, 0) is 43.5 Å². The van der Waals surface area contributed by atoms with Gasteiger partial charge >= 0.3 is 0 Å². The lowest BCUT2D eigenvalue weighted by Crippen LogP contribution is -2.14. The largest absolute Gasteiger partial charge is 0.325 e. The van der Waals surface area contributed by atoms with Gasteiger partial charge in [0, 0.05) is 28.1 Å². The first-order valence-corrected chi connectivity index (χ1v) is 11.0. The number of hydrogen-bond donors (Lipinski definition) is 1. The Balaban J connectivity index is 1.66. The van der Waals surface area contributed by atoms with Gasteiger partial charge in [0.2, 0.25) is 5.91 Å². The van der Waals surface area contributed by atoms with E-state index in [4.69, 9.17) is 0 Å². The second-order valence-electron chi connectivity index (χ2n) is 6.29. The highest BCUT2D eigenvalue weighted by Gasteiger charge is 2.16. The first kappa shape index (κ1) is 19.6. The zero-order valence-corrected chi connectivity index (χ0v) is 17.5. The summed E-state index contributed by atoms with van der Waals surface area (Å²) in [5, 5.41) is 14.5. The number of carbonyl (C=O) groups excluding carboxylic acids is 1. The average molecular weight is 401 g/mol. The number of nitrogens with zero attached hydrogens (tertiary/aromatic N) is 3. The van der Waals surface area contributed by atoms with Crippen molar-refractivity contribution in [3.8, 4) is 11.4 Å². The van der Waals surface area contributed by atoms with Crippen LogP contribution in [0.15, 0.2) is 40.9 Å². The molecule has 1 aromatic carbocycles. The van der Waals surface area contributed by atoms with Gasteiger partial charge in [0.15, 0.2) is 11.0 Å². The maximum Gasteiger partial charge on any atom is 0.234 e. The van der Waals surface area contributed by atoms with Crippen molar-refractivity contribution in [2.75, 3.05) is 11.1 Å². The summed E-state index contributed by atoms with van der Waals surface area (Å²) in [4.78, 5) is 13.6. The van der Waals surface area contributed by atoms with Crippen LogP contribution in [0.2, 0.25) is 0 Å². The SMILES string of the molecule is CCCn1c(SCC(=O)Nc2ccc(CC)cc2)nnc1-c1csc(C)c1. The van der Waals surface area contributed by atoms with Crippen molar-refractivity contribution in [2.45, 2.75) is 45.3 Å². The molecule has 0 saturated heterocycles. The predicted octanol–water partition coefficient (Wildman–Crippen LogP) is 5.02. The van der Waals surface area contributed by atoms with Crippen LogP contribution in [0.25, 0.3) is 11.4 Å². The van der Waals surface area contributed by atoms with Crippen molar-refractivity contribution in [3.05, 3.63) is 46.2 Å². The van der Waals surface area contributed by atoms with Gasteiger partial charge in [-0.3, -0.25) is 4.79 Å². The Kier molecular flexibility index (Phi) is 6.68. The number of anilines is 1. The molecule has 5 nitrogen and oxygen atoms in total. The van der Waals surface area contributed by atoms with Crippen LogP contribution < -0.4 is 5.32 Å². The maximum atomic E-state index is 12.3. The molecule has 0 atom stereocenters. The second-order valence-corrected chi connectivity index (χ2v) is 8.35. The lowest BCUT2D eigenvalue weighted by atomic mass is 10.1. The van der Waals surface area contributed by atoms with Gasteiger partial charge in [0.1, 0.15) is 0 Å². The van der Waals surface area contributed by atoms with Crippen LogP contribution in [0.3, 0.4) is 0 Å². The molecule has 27 heavy (non-hydrogen) atoms. The smallest absolute Gasteiger partial charge is 0.234 e. The molecule has 0 saturated carbocycles. The lowest BCUT2D eigenvalue weighted by molar-refractivity contribution is -0.113. The molecule has 0 fully saturated rings. The van der Waals surface area contributed by atoms with E-state index < -0.39 is 0 Å². The number of amides is 1. The Hall–Kier alpha value is -2.12. The number of aryl methyl sites for hydroxylation is 2. The number of carbonyl (C=O) groups is 1. The molecular formula is C20H24N4OS2. The van der Waals surface area contributed by atoms with E-state index in [0.29, 0.717) is 5.75 Å². The third-order valence-electron chi connectivity index (χ3n) is 4.13. The molecule has 0 spiro atoms. The van der Waals surface area contributed by atoms with Gasteiger partial charge in [-0.15, -0.1) is 21.5 Å². The Morgan fingerprint density at radius 1 is 1.22 bits per heavy atom. The maximum absolute atomic E-state index is 12.3. The highest BCUT2D eigenvalue weighted by Crippen LogP contribution is 2.27. The van der Waals surface area contributed by atoms with Gasteiger partial charge in [-0.25, -0.2) is 0 Å². The number of rotatable bonds is 8. The van der Waals surface area contributed by atoms with Gasteiger partial charge in [0.05, 0.1) is 5.75 Å². The Bertz CT molecular complexity index is 899. The van der Waals surface area contributed by atoms with Crippen LogP contribution in [0.4, 0.5) is 5.69 Å². The average Bonchev–Trinajstić information content (AvgIpc) is 3.27. The van der Waals surface area contributed by atoms with Crippen molar-refractivity contribution in [2.24, 2.45) is 0 Å². The van der Waals surface area contributed by atoms with E-state index in [0.717, 1.165) is 41.6 Å². The molecule has 3 aromatic rings. The quantitative estimate of drug-likeness (QED) is 0.540. The lowest BCUT2D eigenvalue weighted by Gasteiger charge is -2.08. The van der Waals surface area contributed by atoms with E-state index in [-0.39, 0.29) is 5.91 Å². The standard InChI is InChI=1S/C20H24N4OS2/c1-4-10-24-19(16-11-14(3)26-12-16)22-23-20(24)27-13-18(25)21-17-8-6-15(5-2)7-9-17/h6-9,11-12H,4-5,10,13H2,1-3H3,(H,21,25). The predicted molar refractivity (Wildman–Crippen MR) is 114 cm³/mol. The molecule has 3 rings (SSSR count). The van der Waals surface area contributed by atoms with E-state index in [1.165, 1.54) is 22.2 Å². The van der Waals surface area contributed by atoms with E-state index in [1.54, 1.807) is 11.3 Å². The zero-order valence-electron chi connectivity index (χ0n) is 15.9. The normalized spacial score (nSPS) is 10.9.